The predicted molar refractivity (Wildman–Crippen MR) is 135 cm³/mol. The van der Waals surface area contributed by atoms with Crippen molar-refractivity contribution < 1.29 is 23.8 Å². The monoisotopic (exact) mass is 483 g/mol. The first-order valence-corrected chi connectivity index (χ1v) is 11.5. The van der Waals surface area contributed by atoms with Gasteiger partial charge in [-0.2, -0.15) is 5.10 Å². The highest BCUT2D eigenvalue weighted by molar-refractivity contribution is 6.12. The van der Waals surface area contributed by atoms with E-state index in [1.807, 2.05) is 48.5 Å². The summed E-state index contributed by atoms with van der Waals surface area (Å²) < 4.78 is 15.9. The van der Waals surface area contributed by atoms with Crippen LogP contribution in [0.15, 0.2) is 72.8 Å². The van der Waals surface area contributed by atoms with Crippen molar-refractivity contribution in [3.05, 3.63) is 95.2 Å². The van der Waals surface area contributed by atoms with E-state index in [0.717, 1.165) is 22.4 Å². The van der Waals surface area contributed by atoms with E-state index in [1.165, 1.54) is 0 Å². The van der Waals surface area contributed by atoms with Crippen molar-refractivity contribution in [2.45, 2.75) is 13.0 Å². The van der Waals surface area contributed by atoms with Gasteiger partial charge in [0.25, 0.3) is 5.91 Å². The van der Waals surface area contributed by atoms with Crippen LogP contribution in [0.3, 0.4) is 0 Å². The molecule has 0 spiro atoms. The van der Waals surface area contributed by atoms with Crippen molar-refractivity contribution >= 4 is 17.6 Å². The van der Waals surface area contributed by atoms with Gasteiger partial charge < -0.3 is 14.2 Å². The first-order valence-electron chi connectivity index (χ1n) is 11.5. The van der Waals surface area contributed by atoms with Gasteiger partial charge in [0.05, 0.1) is 38.1 Å². The molecule has 36 heavy (non-hydrogen) atoms. The van der Waals surface area contributed by atoms with Gasteiger partial charge in [0.1, 0.15) is 17.2 Å². The molecule has 0 unspecified atom stereocenters. The van der Waals surface area contributed by atoms with Gasteiger partial charge in [-0.3, -0.25) is 14.8 Å². The zero-order valence-electron chi connectivity index (χ0n) is 20.1. The van der Waals surface area contributed by atoms with E-state index in [4.69, 9.17) is 14.2 Å². The molecule has 0 saturated carbocycles. The summed E-state index contributed by atoms with van der Waals surface area (Å²) in [5, 5.41) is 7.47. The lowest BCUT2D eigenvalue weighted by molar-refractivity contribution is 0.0526. The number of nitrogens with one attached hydrogen (secondary N) is 1. The van der Waals surface area contributed by atoms with E-state index in [-0.39, 0.29) is 5.91 Å². The summed E-state index contributed by atoms with van der Waals surface area (Å²) in [6.45, 7) is 2.05. The lowest BCUT2D eigenvalue weighted by Crippen LogP contribution is -2.29. The van der Waals surface area contributed by atoms with Crippen molar-refractivity contribution in [1.29, 1.82) is 0 Å². The van der Waals surface area contributed by atoms with Crippen molar-refractivity contribution in [2.75, 3.05) is 25.7 Å². The molecule has 4 aromatic rings. The summed E-state index contributed by atoms with van der Waals surface area (Å²) in [5.41, 5.74) is 4.66. The number of carbonyl (C=O) groups excluding carboxylic acids is 2. The number of esters is 1. The average Bonchev–Trinajstić information content (AvgIpc) is 3.48. The quantitative estimate of drug-likeness (QED) is 0.371. The Morgan fingerprint density at radius 2 is 1.69 bits per heavy atom. The molecular formula is C28H25N3O5. The molecule has 182 valence electrons. The third-order valence-electron chi connectivity index (χ3n) is 6.20. The number of nitrogens with zero attached hydrogens (tertiary/aromatic N) is 2. The zero-order chi connectivity index (χ0) is 25.2. The molecule has 0 radical (unpaired) electrons. The molecule has 3 aromatic carbocycles. The van der Waals surface area contributed by atoms with Gasteiger partial charge in [0, 0.05) is 16.8 Å². The highest BCUT2D eigenvalue weighted by atomic mass is 16.5. The molecule has 1 aromatic heterocycles. The van der Waals surface area contributed by atoms with Gasteiger partial charge in [-0.25, -0.2) is 4.79 Å². The molecule has 1 aliphatic rings. The Labute approximate surface area is 208 Å². The van der Waals surface area contributed by atoms with Crippen LogP contribution in [0.4, 0.5) is 5.69 Å². The van der Waals surface area contributed by atoms with Gasteiger partial charge in [0.2, 0.25) is 0 Å². The molecule has 0 bridgehead atoms. The summed E-state index contributed by atoms with van der Waals surface area (Å²) in [6, 6.07) is 21.6. The summed E-state index contributed by atoms with van der Waals surface area (Å²) >= 11 is 0. The number of fused-ring (bicyclic) bond motifs is 1. The molecule has 0 fully saturated rings. The van der Waals surface area contributed by atoms with Gasteiger partial charge in [-0.05, 0) is 73.2 Å². The molecule has 8 nitrogen and oxygen atoms in total. The van der Waals surface area contributed by atoms with Crippen LogP contribution in [0.25, 0.3) is 11.3 Å². The fourth-order valence-electron chi connectivity index (χ4n) is 4.48. The zero-order valence-corrected chi connectivity index (χ0v) is 20.1. The molecular weight excluding hydrogens is 458 g/mol. The maximum absolute atomic E-state index is 13.7. The Bertz CT molecular complexity index is 1410. The minimum atomic E-state index is -0.466. The Hall–Kier alpha value is -4.59. The van der Waals surface area contributed by atoms with Crippen LogP contribution in [0, 0.1) is 0 Å². The average molecular weight is 484 g/mol. The Morgan fingerprint density at radius 1 is 0.972 bits per heavy atom. The number of amides is 1. The first-order chi connectivity index (χ1) is 17.5. The number of rotatable bonds is 7. The maximum atomic E-state index is 13.7. The largest absolute Gasteiger partial charge is 0.497 e. The van der Waals surface area contributed by atoms with Crippen molar-refractivity contribution in [1.82, 2.24) is 10.2 Å². The third kappa shape index (κ3) is 3.96. The number of ether oxygens (including phenoxy) is 3. The molecule has 0 aliphatic carbocycles. The molecule has 8 heteroatoms. The van der Waals surface area contributed by atoms with Gasteiger partial charge in [-0.15, -0.1) is 0 Å². The number of hydrogen-bond donors (Lipinski definition) is 1. The fourth-order valence-corrected chi connectivity index (χ4v) is 4.48. The number of H-pyrrole nitrogens is 1. The number of aromatic nitrogens is 2. The second-order valence-corrected chi connectivity index (χ2v) is 8.21. The van der Waals surface area contributed by atoms with E-state index in [9.17, 15) is 9.59 Å². The standard InChI is InChI=1S/C28H25N3O5/c1-4-36-28(33)18-8-12-20(13-9-18)31-26(19-6-5-7-22(16-19)35-3)23-24(29-30-25(23)27(31)32)17-10-14-21(34-2)15-11-17/h5-16,26H,4H2,1-3H3,(H,29,30)/t26-/m1/s1. The predicted octanol–water partition coefficient (Wildman–Crippen LogP) is 5.02. The van der Waals surface area contributed by atoms with E-state index < -0.39 is 12.0 Å². The van der Waals surface area contributed by atoms with Crippen molar-refractivity contribution in [3.63, 3.8) is 0 Å². The van der Waals surface area contributed by atoms with Crippen LogP contribution in [0.1, 0.15) is 44.9 Å². The maximum Gasteiger partial charge on any atom is 0.338 e. The van der Waals surface area contributed by atoms with Crippen LogP contribution in [-0.4, -0.2) is 42.9 Å². The minimum absolute atomic E-state index is 0.214. The summed E-state index contributed by atoms with van der Waals surface area (Å²) in [4.78, 5) is 27.6. The number of carbonyl (C=O) groups is 2. The summed E-state index contributed by atoms with van der Waals surface area (Å²) in [6.07, 6.45) is 0. The number of methoxy groups -OCH3 is 2. The molecule has 1 atom stereocenters. The van der Waals surface area contributed by atoms with Gasteiger partial charge >= 0.3 is 5.97 Å². The topological polar surface area (TPSA) is 93.8 Å². The molecule has 0 saturated heterocycles. The van der Waals surface area contributed by atoms with E-state index in [2.05, 4.69) is 10.2 Å². The number of hydrogen-bond acceptors (Lipinski definition) is 6. The Morgan fingerprint density at radius 3 is 2.36 bits per heavy atom. The van der Waals surface area contributed by atoms with Gasteiger partial charge in [0.15, 0.2) is 0 Å². The fraction of sp³-hybridized carbons (Fsp3) is 0.179. The molecule has 1 aliphatic heterocycles. The highest BCUT2D eigenvalue weighted by Crippen LogP contribution is 2.45. The van der Waals surface area contributed by atoms with E-state index >= 15 is 0 Å². The Kier molecular flexibility index (Phi) is 6.16. The summed E-state index contributed by atoms with van der Waals surface area (Å²) in [5.74, 6) is 0.793. The molecule has 2 heterocycles. The summed E-state index contributed by atoms with van der Waals surface area (Å²) in [7, 11) is 3.22. The molecule has 1 N–H and O–H groups in total. The van der Waals surface area contributed by atoms with Crippen LogP contribution < -0.4 is 14.4 Å². The molecule has 5 rings (SSSR count). The second kappa shape index (κ2) is 9.58. The van der Waals surface area contributed by atoms with Crippen molar-refractivity contribution in [3.8, 4) is 22.8 Å². The van der Waals surface area contributed by atoms with Crippen LogP contribution in [0.5, 0.6) is 11.5 Å². The van der Waals surface area contributed by atoms with Crippen LogP contribution in [-0.2, 0) is 4.74 Å². The van der Waals surface area contributed by atoms with Crippen molar-refractivity contribution in [2.24, 2.45) is 0 Å². The normalized spacial score (nSPS) is 14.5. The first kappa shape index (κ1) is 23.2. The lowest BCUT2D eigenvalue weighted by Gasteiger charge is -2.27. The smallest absolute Gasteiger partial charge is 0.338 e. The highest BCUT2D eigenvalue weighted by Gasteiger charge is 2.43. The SMILES string of the molecule is CCOC(=O)c1ccc(N2C(=O)c3[nH]nc(-c4ccc(OC)cc4)c3[C@H]2c2cccc(OC)c2)cc1. The number of aromatic amines is 1. The minimum Gasteiger partial charge on any atom is -0.497 e. The van der Waals surface area contributed by atoms with E-state index in [1.54, 1.807) is 50.3 Å². The third-order valence-corrected chi connectivity index (χ3v) is 6.20. The van der Waals surface area contributed by atoms with Crippen LogP contribution >= 0.6 is 0 Å². The molecule has 1 amide bonds. The van der Waals surface area contributed by atoms with Crippen LogP contribution in [0.2, 0.25) is 0 Å². The lowest BCUT2D eigenvalue weighted by atomic mass is 9.95. The number of benzene rings is 3. The second-order valence-electron chi connectivity index (χ2n) is 8.21. The van der Waals surface area contributed by atoms with E-state index in [0.29, 0.717) is 35.0 Å². The van der Waals surface area contributed by atoms with Gasteiger partial charge in [-0.1, -0.05) is 12.1 Å². The number of anilines is 1. The Balaban J connectivity index is 1.63.